The van der Waals surface area contributed by atoms with E-state index in [1.807, 2.05) is 36.2 Å². The molecule has 0 spiro atoms. The SMILES string of the molecule is C=CCN1C(=O)CN(C)c2ccccc21. The minimum absolute atomic E-state index is 0.121. The molecule has 3 heteroatoms. The van der Waals surface area contributed by atoms with E-state index in [0.29, 0.717) is 13.1 Å². The number of benzene rings is 1. The highest BCUT2D eigenvalue weighted by molar-refractivity contribution is 6.03. The molecule has 0 N–H and O–H groups in total. The molecule has 0 bridgehead atoms. The summed E-state index contributed by atoms with van der Waals surface area (Å²) in [6.07, 6.45) is 1.75. The Kier molecular flexibility index (Phi) is 2.46. The number of nitrogens with zero attached hydrogens (tertiary/aromatic N) is 2. The smallest absolute Gasteiger partial charge is 0.246 e. The van der Waals surface area contributed by atoms with Crippen molar-refractivity contribution >= 4 is 17.3 Å². The van der Waals surface area contributed by atoms with Gasteiger partial charge in [0.05, 0.1) is 17.9 Å². The molecule has 0 saturated carbocycles. The van der Waals surface area contributed by atoms with Gasteiger partial charge in [0.1, 0.15) is 0 Å². The number of anilines is 2. The van der Waals surface area contributed by atoms with Gasteiger partial charge in [-0.2, -0.15) is 0 Å². The highest BCUT2D eigenvalue weighted by Gasteiger charge is 2.25. The van der Waals surface area contributed by atoms with Crippen molar-refractivity contribution in [1.82, 2.24) is 0 Å². The molecule has 78 valence electrons. The predicted octanol–water partition coefficient (Wildman–Crippen LogP) is 1.66. The fourth-order valence-corrected chi connectivity index (χ4v) is 1.85. The second-order valence-electron chi connectivity index (χ2n) is 3.64. The molecule has 1 heterocycles. The number of carbonyl (C=O) groups excluding carboxylic acids is 1. The van der Waals surface area contributed by atoms with Gasteiger partial charge < -0.3 is 9.80 Å². The van der Waals surface area contributed by atoms with Crippen LogP contribution in [0.3, 0.4) is 0 Å². The fourth-order valence-electron chi connectivity index (χ4n) is 1.85. The number of fused-ring (bicyclic) bond motifs is 1. The van der Waals surface area contributed by atoms with Crippen molar-refractivity contribution in [3.63, 3.8) is 0 Å². The minimum atomic E-state index is 0.121. The fraction of sp³-hybridized carbons (Fsp3) is 0.250. The zero-order chi connectivity index (χ0) is 10.8. The van der Waals surface area contributed by atoms with Crippen molar-refractivity contribution < 1.29 is 4.79 Å². The molecule has 15 heavy (non-hydrogen) atoms. The molecule has 0 aromatic heterocycles. The van der Waals surface area contributed by atoms with Crippen molar-refractivity contribution in [3.8, 4) is 0 Å². The monoisotopic (exact) mass is 202 g/mol. The molecule has 0 atom stereocenters. The van der Waals surface area contributed by atoms with Crippen LogP contribution in [-0.2, 0) is 4.79 Å². The number of hydrogen-bond donors (Lipinski definition) is 0. The zero-order valence-corrected chi connectivity index (χ0v) is 8.81. The lowest BCUT2D eigenvalue weighted by Gasteiger charge is -2.34. The van der Waals surface area contributed by atoms with E-state index in [-0.39, 0.29) is 5.91 Å². The highest BCUT2D eigenvalue weighted by Crippen LogP contribution is 2.31. The Morgan fingerprint density at radius 2 is 2.07 bits per heavy atom. The molecule has 3 nitrogen and oxygen atoms in total. The van der Waals surface area contributed by atoms with Crippen LogP contribution < -0.4 is 9.80 Å². The highest BCUT2D eigenvalue weighted by atomic mass is 16.2. The van der Waals surface area contributed by atoms with Crippen LogP contribution in [0.2, 0.25) is 0 Å². The molecule has 1 amide bonds. The van der Waals surface area contributed by atoms with Crippen molar-refractivity contribution in [2.45, 2.75) is 0 Å². The van der Waals surface area contributed by atoms with Crippen molar-refractivity contribution in [3.05, 3.63) is 36.9 Å². The number of rotatable bonds is 2. The summed E-state index contributed by atoms with van der Waals surface area (Å²) >= 11 is 0. The van der Waals surface area contributed by atoms with Crippen molar-refractivity contribution in [1.29, 1.82) is 0 Å². The molecule has 0 fully saturated rings. The van der Waals surface area contributed by atoms with Crippen molar-refractivity contribution in [2.75, 3.05) is 29.9 Å². The number of hydrogen-bond acceptors (Lipinski definition) is 2. The summed E-state index contributed by atoms with van der Waals surface area (Å²) in [6, 6.07) is 7.92. The molecule has 1 aromatic carbocycles. The lowest BCUT2D eigenvalue weighted by atomic mass is 10.1. The first-order valence-corrected chi connectivity index (χ1v) is 4.95. The van der Waals surface area contributed by atoms with Gasteiger partial charge in [-0.05, 0) is 12.1 Å². The summed E-state index contributed by atoms with van der Waals surface area (Å²) in [4.78, 5) is 15.5. The van der Waals surface area contributed by atoms with E-state index in [1.54, 1.807) is 11.0 Å². The Labute approximate surface area is 89.6 Å². The van der Waals surface area contributed by atoms with Gasteiger partial charge in [-0.15, -0.1) is 6.58 Å². The van der Waals surface area contributed by atoms with Crippen LogP contribution in [0.15, 0.2) is 36.9 Å². The van der Waals surface area contributed by atoms with Gasteiger partial charge in [0.15, 0.2) is 0 Å². The van der Waals surface area contributed by atoms with Gasteiger partial charge in [0, 0.05) is 13.6 Å². The van der Waals surface area contributed by atoms with E-state index in [0.717, 1.165) is 11.4 Å². The third kappa shape index (κ3) is 1.61. The van der Waals surface area contributed by atoms with Gasteiger partial charge in [0.25, 0.3) is 0 Å². The third-order valence-corrected chi connectivity index (χ3v) is 2.57. The maximum absolute atomic E-state index is 11.8. The lowest BCUT2D eigenvalue weighted by Crippen LogP contribution is -2.44. The zero-order valence-electron chi connectivity index (χ0n) is 8.81. The van der Waals surface area contributed by atoms with Crippen LogP contribution in [0.1, 0.15) is 0 Å². The van der Waals surface area contributed by atoms with Gasteiger partial charge in [-0.25, -0.2) is 0 Å². The predicted molar refractivity (Wildman–Crippen MR) is 62.3 cm³/mol. The Bertz CT molecular complexity index is 400. The second kappa shape index (κ2) is 3.77. The number of carbonyl (C=O) groups is 1. The van der Waals surface area contributed by atoms with Crippen LogP contribution in [0.25, 0.3) is 0 Å². The van der Waals surface area contributed by atoms with E-state index >= 15 is 0 Å². The molecule has 0 aliphatic carbocycles. The Balaban J connectivity index is 2.46. The summed E-state index contributed by atoms with van der Waals surface area (Å²) in [7, 11) is 1.93. The Morgan fingerprint density at radius 1 is 1.40 bits per heavy atom. The van der Waals surface area contributed by atoms with Crippen LogP contribution in [0.5, 0.6) is 0 Å². The van der Waals surface area contributed by atoms with Crippen LogP contribution in [0.4, 0.5) is 11.4 Å². The average molecular weight is 202 g/mol. The maximum atomic E-state index is 11.8. The van der Waals surface area contributed by atoms with Crippen molar-refractivity contribution in [2.24, 2.45) is 0 Å². The normalized spacial score (nSPS) is 15.1. The third-order valence-electron chi connectivity index (χ3n) is 2.57. The topological polar surface area (TPSA) is 23.6 Å². The molecule has 0 radical (unpaired) electrons. The molecule has 0 saturated heterocycles. The van der Waals surface area contributed by atoms with Gasteiger partial charge >= 0.3 is 0 Å². The number of likely N-dealkylation sites (N-methyl/N-ethyl adjacent to an activating group) is 1. The van der Waals surface area contributed by atoms with E-state index in [9.17, 15) is 4.79 Å². The summed E-state index contributed by atoms with van der Waals surface area (Å²) in [6.45, 7) is 4.68. The summed E-state index contributed by atoms with van der Waals surface area (Å²) < 4.78 is 0. The van der Waals surface area contributed by atoms with Gasteiger partial charge in [0.2, 0.25) is 5.91 Å². The standard InChI is InChI=1S/C12H14N2O/c1-3-8-14-11-7-5-4-6-10(11)13(2)9-12(14)15/h3-7H,1,8-9H2,2H3. The van der Waals surface area contributed by atoms with Gasteiger partial charge in [-0.1, -0.05) is 18.2 Å². The van der Waals surface area contributed by atoms with E-state index in [2.05, 4.69) is 6.58 Å². The Hall–Kier alpha value is -1.77. The molecular weight excluding hydrogens is 188 g/mol. The summed E-state index contributed by atoms with van der Waals surface area (Å²) in [5.41, 5.74) is 2.06. The molecular formula is C12H14N2O. The molecule has 0 unspecified atom stereocenters. The molecule has 1 aromatic rings. The average Bonchev–Trinajstić information content (AvgIpc) is 2.24. The first-order valence-electron chi connectivity index (χ1n) is 4.95. The van der Waals surface area contributed by atoms with E-state index in [4.69, 9.17) is 0 Å². The largest absolute Gasteiger partial charge is 0.364 e. The van der Waals surface area contributed by atoms with E-state index < -0.39 is 0 Å². The quantitative estimate of drug-likeness (QED) is 0.681. The number of para-hydroxylation sites is 2. The first kappa shape index (κ1) is 9.77. The molecule has 1 aliphatic heterocycles. The lowest BCUT2D eigenvalue weighted by molar-refractivity contribution is -0.117. The second-order valence-corrected chi connectivity index (χ2v) is 3.64. The molecule has 2 rings (SSSR count). The first-order chi connectivity index (χ1) is 7.24. The van der Waals surface area contributed by atoms with Gasteiger partial charge in [-0.3, -0.25) is 4.79 Å². The summed E-state index contributed by atoms with van der Waals surface area (Å²) in [5.74, 6) is 0.121. The minimum Gasteiger partial charge on any atom is -0.364 e. The maximum Gasteiger partial charge on any atom is 0.246 e. The van der Waals surface area contributed by atoms with E-state index in [1.165, 1.54) is 0 Å². The van der Waals surface area contributed by atoms with Crippen LogP contribution in [0, 0.1) is 0 Å². The van der Waals surface area contributed by atoms with Crippen LogP contribution >= 0.6 is 0 Å². The summed E-state index contributed by atoms with van der Waals surface area (Å²) in [5, 5.41) is 0. The number of amides is 1. The Morgan fingerprint density at radius 3 is 2.73 bits per heavy atom. The molecule has 1 aliphatic rings. The van der Waals surface area contributed by atoms with Crippen LogP contribution in [-0.4, -0.2) is 26.0 Å².